The maximum Gasteiger partial charge on any atom is 0.353 e. The van der Waals surface area contributed by atoms with Gasteiger partial charge in [0.1, 0.15) is 5.70 Å². The molecule has 138 valence electrons. The van der Waals surface area contributed by atoms with Crippen LogP contribution in [-0.4, -0.2) is 86.5 Å². The Bertz CT molecular complexity index is 652. The summed E-state index contributed by atoms with van der Waals surface area (Å²) < 4.78 is 0. The second kappa shape index (κ2) is 6.44. The van der Waals surface area contributed by atoms with Crippen LogP contribution >= 0.6 is 24.0 Å². The number of β-lactam (4-membered cyclic amide) rings is 1. The van der Waals surface area contributed by atoms with Gasteiger partial charge in [0, 0.05) is 43.3 Å². The SMILES string of the molecule is C[C@@H](O)[C@H]1C(=O)N2C(C(=O)O)=C(SC3CN(C)C(=S)N(C)C3)[C@H](C)[C@H]12. The van der Waals surface area contributed by atoms with Crippen molar-refractivity contribution in [3.8, 4) is 0 Å². The number of aliphatic hydroxyl groups is 1. The third kappa shape index (κ3) is 2.82. The average molecular weight is 386 g/mol. The van der Waals surface area contributed by atoms with Crippen molar-refractivity contribution in [2.45, 2.75) is 31.2 Å². The molecule has 0 aromatic rings. The monoisotopic (exact) mass is 385 g/mol. The van der Waals surface area contributed by atoms with Crippen molar-refractivity contribution in [1.29, 1.82) is 0 Å². The second-order valence-corrected chi connectivity index (χ2v) is 8.76. The standard InChI is InChI=1S/C16H23N3O4S2/c1-7-11-10(8(2)20)14(21)19(11)12(15(22)23)13(7)25-9-5-17(3)16(24)18(4)6-9/h7-11,20H,5-6H2,1-4H3,(H,22,23)/t7-,8-,10-,11-/m1/s1. The van der Waals surface area contributed by atoms with Crippen LogP contribution < -0.4 is 0 Å². The second-order valence-electron chi connectivity index (χ2n) is 7.06. The first-order valence-electron chi connectivity index (χ1n) is 8.26. The van der Waals surface area contributed by atoms with E-state index in [1.807, 2.05) is 30.8 Å². The minimum Gasteiger partial charge on any atom is -0.477 e. The fourth-order valence-electron chi connectivity index (χ4n) is 4.05. The van der Waals surface area contributed by atoms with Crippen LogP contribution in [0.1, 0.15) is 13.8 Å². The van der Waals surface area contributed by atoms with Crippen LogP contribution in [0.3, 0.4) is 0 Å². The molecule has 0 saturated carbocycles. The minimum absolute atomic E-state index is 0.0860. The number of carbonyl (C=O) groups is 2. The summed E-state index contributed by atoms with van der Waals surface area (Å²) in [5.74, 6) is -1.99. The first kappa shape index (κ1) is 18.5. The fourth-order valence-corrected chi connectivity index (χ4v) is 5.80. The number of nitrogens with zero attached hydrogens (tertiary/aromatic N) is 3. The zero-order chi connectivity index (χ0) is 18.6. The zero-order valence-electron chi connectivity index (χ0n) is 14.7. The maximum absolute atomic E-state index is 12.4. The lowest BCUT2D eigenvalue weighted by Gasteiger charge is -2.46. The van der Waals surface area contributed by atoms with Crippen LogP contribution in [0.15, 0.2) is 10.6 Å². The van der Waals surface area contributed by atoms with E-state index in [9.17, 15) is 19.8 Å². The van der Waals surface area contributed by atoms with Gasteiger partial charge in [-0.25, -0.2) is 4.79 Å². The first-order valence-corrected chi connectivity index (χ1v) is 9.55. The molecule has 9 heteroatoms. The number of amides is 1. The van der Waals surface area contributed by atoms with Crippen LogP contribution in [0.25, 0.3) is 0 Å². The Morgan fingerprint density at radius 2 is 1.88 bits per heavy atom. The molecule has 2 N–H and O–H groups in total. The Hall–Kier alpha value is -1.32. The summed E-state index contributed by atoms with van der Waals surface area (Å²) in [5.41, 5.74) is 0.0860. The van der Waals surface area contributed by atoms with Gasteiger partial charge in [-0.1, -0.05) is 6.92 Å². The molecule has 0 bridgehead atoms. The number of hydrogen-bond acceptors (Lipinski definition) is 5. The van der Waals surface area contributed by atoms with Crippen LogP contribution in [0, 0.1) is 11.8 Å². The Morgan fingerprint density at radius 3 is 2.36 bits per heavy atom. The van der Waals surface area contributed by atoms with Gasteiger partial charge in [-0.15, -0.1) is 11.8 Å². The fraction of sp³-hybridized carbons (Fsp3) is 0.688. The largest absolute Gasteiger partial charge is 0.477 e. The molecule has 4 atom stereocenters. The van der Waals surface area contributed by atoms with Crippen LogP contribution in [0.4, 0.5) is 0 Å². The van der Waals surface area contributed by atoms with E-state index in [1.54, 1.807) is 6.92 Å². The Labute approximate surface area is 156 Å². The number of thiocarbonyl (C=S) groups is 1. The molecular formula is C16H23N3O4S2. The van der Waals surface area contributed by atoms with E-state index in [-0.39, 0.29) is 28.8 Å². The van der Waals surface area contributed by atoms with Gasteiger partial charge in [0.15, 0.2) is 5.11 Å². The smallest absolute Gasteiger partial charge is 0.353 e. The summed E-state index contributed by atoms with van der Waals surface area (Å²) >= 11 is 6.86. The quantitative estimate of drug-likeness (QED) is 0.532. The van der Waals surface area contributed by atoms with Crippen molar-refractivity contribution in [1.82, 2.24) is 14.7 Å². The predicted octanol–water partition coefficient (Wildman–Crippen LogP) is 0.404. The Morgan fingerprint density at radius 1 is 1.32 bits per heavy atom. The molecule has 1 amide bonds. The molecule has 3 rings (SSSR count). The third-order valence-electron chi connectivity index (χ3n) is 5.21. The molecule has 0 aromatic carbocycles. The summed E-state index contributed by atoms with van der Waals surface area (Å²) in [6.07, 6.45) is -0.778. The number of fused-ring (bicyclic) bond motifs is 1. The van der Waals surface area contributed by atoms with E-state index < -0.39 is 18.0 Å². The van der Waals surface area contributed by atoms with Crippen LogP contribution in [0.2, 0.25) is 0 Å². The van der Waals surface area contributed by atoms with Crippen molar-refractivity contribution in [2.75, 3.05) is 27.2 Å². The molecule has 3 aliphatic rings. The summed E-state index contributed by atoms with van der Waals surface area (Å²) in [7, 11) is 3.85. The molecule has 3 aliphatic heterocycles. The van der Waals surface area contributed by atoms with E-state index in [0.29, 0.717) is 0 Å². The van der Waals surface area contributed by atoms with Gasteiger partial charge in [-0.05, 0) is 19.1 Å². The Balaban J connectivity index is 1.86. The molecule has 2 fully saturated rings. The number of rotatable bonds is 4. The molecule has 0 aromatic heterocycles. The molecule has 25 heavy (non-hydrogen) atoms. The average Bonchev–Trinajstić information content (AvgIpc) is 2.74. The topological polar surface area (TPSA) is 84.3 Å². The Kier molecular flexibility index (Phi) is 4.76. The van der Waals surface area contributed by atoms with E-state index in [1.165, 1.54) is 16.7 Å². The molecule has 0 aliphatic carbocycles. The minimum atomic E-state index is -1.08. The number of aliphatic hydroxyl groups excluding tert-OH is 1. The molecular weight excluding hydrogens is 362 g/mol. The summed E-state index contributed by atoms with van der Waals surface area (Å²) in [4.78, 5) is 30.2. The number of hydrogen-bond donors (Lipinski definition) is 2. The highest BCUT2D eigenvalue weighted by atomic mass is 32.2. The third-order valence-corrected chi connectivity index (χ3v) is 7.29. The molecule has 7 nitrogen and oxygen atoms in total. The molecule has 3 heterocycles. The van der Waals surface area contributed by atoms with E-state index >= 15 is 0 Å². The van der Waals surface area contributed by atoms with Gasteiger partial charge in [-0.3, -0.25) is 4.79 Å². The van der Waals surface area contributed by atoms with Crippen molar-refractivity contribution in [3.63, 3.8) is 0 Å². The highest BCUT2D eigenvalue weighted by molar-refractivity contribution is 8.03. The number of thioether (sulfide) groups is 1. The van der Waals surface area contributed by atoms with Gasteiger partial charge < -0.3 is 24.9 Å². The molecule has 0 unspecified atom stereocenters. The summed E-state index contributed by atoms with van der Waals surface area (Å²) in [5, 5.41) is 20.5. The van der Waals surface area contributed by atoms with Crippen molar-refractivity contribution >= 4 is 41.0 Å². The van der Waals surface area contributed by atoms with Gasteiger partial charge in [-0.2, -0.15) is 0 Å². The lowest BCUT2D eigenvalue weighted by atomic mass is 9.79. The van der Waals surface area contributed by atoms with Gasteiger partial charge in [0.2, 0.25) is 5.91 Å². The maximum atomic E-state index is 12.4. The summed E-state index contributed by atoms with van der Waals surface area (Å²) in [6.45, 7) is 4.99. The molecule has 0 radical (unpaired) electrons. The van der Waals surface area contributed by atoms with Crippen molar-refractivity contribution in [2.24, 2.45) is 11.8 Å². The first-order chi connectivity index (χ1) is 11.6. The predicted molar refractivity (Wildman–Crippen MR) is 98.9 cm³/mol. The molecule has 0 spiro atoms. The zero-order valence-corrected chi connectivity index (χ0v) is 16.3. The highest BCUT2D eigenvalue weighted by Crippen LogP contribution is 2.51. The lowest BCUT2D eigenvalue weighted by Crippen LogP contribution is -2.63. The van der Waals surface area contributed by atoms with Crippen LogP contribution in [-0.2, 0) is 9.59 Å². The van der Waals surface area contributed by atoms with E-state index in [0.717, 1.165) is 23.1 Å². The summed E-state index contributed by atoms with van der Waals surface area (Å²) in [6, 6.07) is -0.263. The number of carbonyl (C=O) groups excluding carboxylic acids is 1. The number of carboxylic acid groups (broad SMARTS) is 1. The van der Waals surface area contributed by atoms with E-state index in [4.69, 9.17) is 12.2 Å². The number of carboxylic acids is 1. The van der Waals surface area contributed by atoms with Crippen LogP contribution in [0.5, 0.6) is 0 Å². The van der Waals surface area contributed by atoms with Gasteiger partial charge >= 0.3 is 5.97 Å². The highest BCUT2D eigenvalue weighted by Gasteiger charge is 2.60. The van der Waals surface area contributed by atoms with Gasteiger partial charge in [0.05, 0.1) is 18.1 Å². The van der Waals surface area contributed by atoms with Gasteiger partial charge in [0.25, 0.3) is 0 Å². The number of aliphatic carboxylic acids is 1. The normalized spacial score (nSPS) is 31.4. The van der Waals surface area contributed by atoms with E-state index in [2.05, 4.69) is 0 Å². The lowest BCUT2D eigenvalue weighted by molar-refractivity contribution is -0.163. The van der Waals surface area contributed by atoms with Crippen molar-refractivity contribution < 1.29 is 19.8 Å². The van der Waals surface area contributed by atoms with Crippen molar-refractivity contribution in [3.05, 3.63) is 10.6 Å². The molecule has 2 saturated heterocycles.